The van der Waals surface area contributed by atoms with Crippen LogP contribution in [-0.2, 0) is 0 Å². The Morgan fingerprint density at radius 1 is 0.636 bits per heavy atom. The van der Waals surface area contributed by atoms with Gasteiger partial charge in [-0.3, -0.25) is 0 Å². The van der Waals surface area contributed by atoms with E-state index in [0.717, 1.165) is 57.8 Å². The van der Waals surface area contributed by atoms with Gasteiger partial charge in [0, 0.05) is 0 Å². The van der Waals surface area contributed by atoms with Crippen molar-refractivity contribution in [3.63, 3.8) is 0 Å². The predicted octanol–water partition coefficient (Wildman–Crippen LogP) is 0.178. The SMILES string of the molecule is NCCCC(CC(N)N)C(CCCN)(CCCN)CCCN. The predicted molar refractivity (Wildman–Crippen MR) is 95.9 cm³/mol. The van der Waals surface area contributed by atoms with E-state index in [2.05, 4.69) is 0 Å². The standard InChI is InChI=1S/C16H40N6/c17-9-1-5-14(13-15(21)22)16(6-2-10-18,7-3-11-19)8-4-12-20/h14-15H,1-13,17-22H2. The highest BCUT2D eigenvalue weighted by atomic mass is 14.8. The molecule has 0 aliphatic heterocycles. The monoisotopic (exact) mass is 316 g/mol. The Kier molecular flexibility index (Phi) is 13.1. The molecule has 12 N–H and O–H groups in total. The number of rotatable bonds is 15. The maximum absolute atomic E-state index is 5.92. The first-order valence-corrected chi connectivity index (χ1v) is 8.87. The topological polar surface area (TPSA) is 156 Å². The molecule has 0 spiro atoms. The fourth-order valence-electron chi connectivity index (χ4n) is 3.72. The van der Waals surface area contributed by atoms with E-state index in [4.69, 9.17) is 34.4 Å². The van der Waals surface area contributed by atoms with Gasteiger partial charge in [-0.2, -0.15) is 0 Å². The largest absolute Gasteiger partial charge is 0.330 e. The van der Waals surface area contributed by atoms with Crippen LogP contribution in [0.2, 0.25) is 0 Å². The summed E-state index contributed by atoms with van der Waals surface area (Å²) in [5.74, 6) is 0.473. The molecule has 0 saturated carbocycles. The number of nitrogens with two attached hydrogens (primary N) is 6. The van der Waals surface area contributed by atoms with Gasteiger partial charge in [0.15, 0.2) is 0 Å². The van der Waals surface area contributed by atoms with Crippen LogP contribution in [0.15, 0.2) is 0 Å². The molecule has 1 atom stereocenters. The van der Waals surface area contributed by atoms with E-state index in [9.17, 15) is 0 Å². The van der Waals surface area contributed by atoms with Crippen LogP contribution in [0.25, 0.3) is 0 Å². The first-order chi connectivity index (χ1) is 10.6. The maximum Gasteiger partial charge on any atom is 0.0523 e. The Bertz CT molecular complexity index is 225. The molecule has 0 saturated heterocycles. The molecule has 0 bridgehead atoms. The minimum absolute atomic E-state index is 0.199. The van der Waals surface area contributed by atoms with Gasteiger partial charge in [-0.15, -0.1) is 0 Å². The summed E-state index contributed by atoms with van der Waals surface area (Å²) in [4.78, 5) is 0. The fourth-order valence-corrected chi connectivity index (χ4v) is 3.72. The van der Waals surface area contributed by atoms with Gasteiger partial charge in [0.25, 0.3) is 0 Å². The molecule has 0 fully saturated rings. The number of hydrogen-bond acceptors (Lipinski definition) is 6. The zero-order chi connectivity index (χ0) is 16.8. The molecule has 0 amide bonds. The number of hydrogen-bond donors (Lipinski definition) is 6. The molecular weight excluding hydrogens is 276 g/mol. The molecule has 6 heteroatoms. The summed E-state index contributed by atoms with van der Waals surface area (Å²) in [6, 6.07) is 0. The lowest BCUT2D eigenvalue weighted by molar-refractivity contribution is 0.0850. The van der Waals surface area contributed by atoms with Gasteiger partial charge in [0.2, 0.25) is 0 Å². The third kappa shape index (κ3) is 8.41. The van der Waals surface area contributed by atoms with Crippen molar-refractivity contribution >= 4 is 0 Å². The second-order valence-corrected chi connectivity index (χ2v) is 6.57. The molecule has 0 aromatic carbocycles. The molecule has 134 valence electrons. The van der Waals surface area contributed by atoms with Crippen molar-refractivity contribution in [3.05, 3.63) is 0 Å². The van der Waals surface area contributed by atoms with Crippen LogP contribution in [-0.4, -0.2) is 32.3 Å². The van der Waals surface area contributed by atoms with Gasteiger partial charge in [0.1, 0.15) is 0 Å². The Balaban J connectivity index is 5.23. The van der Waals surface area contributed by atoms with Gasteiger partial charge in [-0.1, -0.05) is 0 Å². The molecule has 22 heavy (non-hydrogen) atoms. The van der Waals surface area contributed by atoms with Crippen molar-refractivity contribution < 1.29 is 0 Å². The Labute approximate surface area is 136 Å². The van der Waals surface area contributed by atoms with E-state index in [-0.39, 0.29) is 11.6 Å². The summed E-state index contributed by atoms with van der Waals surface area (Å²) >= 11 is 0. The molecule has 0 aromatic heterocycles. The minimum atomic E-state index is -0.282. The Morgan fingerprint density at radius 2 is 1.05 bits per heavy atom. The average Bonchev–Trinajstić information content (AvgIpc) is 2.51. The van der Waals surface area contributed by atoms with Crippen LogP contribution in [0.1, 0.15) is 57.8 Å². The van der Waals surface area contributed by atoms with Gasteiger partial charge in [-0.25, -0.2) is 0 Å². The molecule has 0 aromatic rings. The van der Waals surface area contributed by atoms with Crippen molar-refractivity contribution in [2.24, 2.45) is 45.7 Å². The molecule has 0 rings (SSSR count). The van der Waals surface area contributed by atoms with E-state index >= 15 is 0 Å². The molecule has 0 heterocycles. The van der Waals surface area contributed by atoms with Gasteiger partial charge in [0.05, 0.1) is 6.17 Å². The van der Waals surface area contributed by atoms with E-state index in [0.29, 0.717) is 32.1 Å². The van der Waals surface area contributed by atoms with Gasteiger partial charge >= 0.3 is 0 Å². The van der Waals surface area contributed by atoms with Crippen molar-refractivity contribution in [2.45, 2.75) is 64.0 Å². The second kappa shape index (κ2) is 13.2. The van der Waals surface area contributed by atoms with E-state index < -0.39 is 0 Å². The van der Waals surface area contributed by atoms with Crippen molar-refractivity contribution in [1.29, 1.82) is 0 Å². The highest BCUT2D eigenvalue weighted by molar-refractivity contribution is 4.88. The van der Waals surface area contributed by atoms with Crippen LogP contribution in [0, 0.1) is 11.3 Å². The van der Waals surface area contributed by atoms with Crippen molar-refractivity contribution in [3.8, 4) is 0 Å². The first kappa shape index (κ1) is 21.8. The lowest BCUT2D eigenvalue weighted by atomic mass is 9.63. The third-order valence-electron chi connectivity index (χ3n) is 4.82. The lowest BCUT2D eigenvalue weighted by Gasteiger charge is -2.43. The minimum Gasteiger partial charge on any atom is -0.330 e. The quantitative estimate of drug-likeness (QED) is 0.237. The zero-order valence-electron chi connectivity index (χ0n) is 14.3. The summed E-state index contributed by atoms with van der Waals surface area (Å²) in [5, 5.41) is 0. The molecule has 1 unspecified atom stereocenters. The van der Waals surface area contributed by atoms with Crippen molar-refractivity contribution in [1.82, 2.24) is 0 Å². The van der Waals surface area contributed by atoms with Gasteiger partial charge < -0.3 is 34.4 Å². The summed E-state index contributed by atoms with van der Waals surface area (Å²) in [5.41, 5.74) is 35.1. The third-order valence-corrected chi connectivity index (χ3v) is 4.82. The van der Waals surface area contributed by atoms with Crippen LogP contribution in [0.3, 0.4) is 0 Å². The van der Waals surface area contributed by atoms with Crippen molar-refractivity contribution in [2.75, 3.05) is 26.2 Å². The highest BCUT2D eigenvalue weighted by Crippen LogP contribution is 2.46. The fraction of sp³-hybridized carbons (Fsp3) is 1.00. The summed E-state index contributed by atoms with van der Waals surface area (Å²) in [6.07, 6.45) is 9.00. The molecule has 0 aliphatic rings. The average molecular weight is 317 g/mol. The molecule has 0 aliphatic carbocycles. The van der Waals surface area contributed by atoms with Crippen LogP contribution in [0.5, 0.6) is 0 Å². The molecule has 6 nitrogen and oxygen atoms in total. The molecule has 0 radical (unpaired) electrons. The van der Waals surface area contributed by atoms with Gasteiger partial charge in [-0.05, 0) is 95.3 Å². The lowest BCUT2D eigenvalue weighted by Crippen LogP contribution is -2.40. The molecular formula is C16H40N6. The van der Waals surface area contributed by atoms with Crippen LogP contribution < -0.4 is 34.4 Å². The summed E-state index contributed by atoms with van der Waals surface area (Å²) in [6.45, 7) is 2.85. The summed E-state index contributed by atoms with van der Waals surface area (Å²) in [7, 11) is 0. The normalized spacial score (nSPS) is 13.8. The zero-order valence-corrected chi connectivity index (χ0v) is 14.3. The highest BCUT2D eigenvalue weighted by Gasteiger charge is 2.37. The maximum atomic E-state index is 5.92. The van der Waals surface area contributed by atoms with E-state index in [1.165, 1.54) is 0 Å². The Morgan fingerprint density at radius 3 is 1.36 bits per heavy atom. The summed E-state index contributed by atoms with van der Waals surface area (Å²) < 4.78 is 0. The van der Waals surface area contributed by atoms with E-state index in [1.807, 2.05) is 0 Å². The van der Waals surface area contributed by atoms with Crippen LogP contribution >= 0.6 is 0 Å². The van der Waals surface area contributed by atoms with Crippen LogP contribution in [0.4, 0.5) is 0 Å². The Hall–Kier alpha value is -0.240. The smallest absolute Gasteiger partial charge is 0.0523 e. The first-order valence-electron chi connectivity index (χ1n) is 8.87. The second-order valence-electron chi connectivity index (χ2n) is 6.57. The van der Waals surface area contributed by atoms with E-state index in [1.54, 1.807) is 0 Å².